The molecule has 2 heteroatoms. The van der Waals surface area contributed by atoms with Crippen molar-refractivity contribution in [1.29, 1.82) is 0 Å². The van der Waals surface area contributed by atoms with Crippen LogP contribution in [0.15, 0.2) is 47.4 Å². The minimum absolute atomic E-state index is 0.294. The molecule has 2 aromatic carbocycles. The molecule has 76 valence electrons. The van der Waals surface area contributed by atoms with Gasteiger partial charge in [0.25, 0.3) is 0 Å². The van der Waals surface area contributed by atoms with Gasteiger partial charge in [-0.25, -0.2) is 0 Å². The minimum atomic E-state index is 0.294. The highest BCUT2D eigenvalue weighted by molar-refractivity contribution is 7.80. The number of aryl methyl sites for hydroxylation is 1. The number of thiol groups is 1. The summed E-state index contributed by atoms with van der Waals surface area (Å²) in [6, 6.07) is 13.3. The van der Waals surface area contributed by atoms with Gasteiger partial charge in [-0.05, 0) is 36.2 Å². The van der Waals surface area contributed by atoms with Crippen molar-refractivity contribution < 1.29 is 5.11 Å². The normalized spacial score (nSPS) is 10.3. The molecule has 0 fully saturated rings. The molecule has 15 heavy (non-hydrogen) atoms. The summed E-state index contributed by atoms with van der Waals surface area (Å²) in [6.07, 6.45) is 0. The molecule has 1 nitrogen and oxygen atoms in total. The minimum Gasteiger partial charge on any atom is -0.507 e. The van der Waals surface area contributed by atoms with E-state index in [0.29, 0.717) is 5.75 Å². The molecule has 0 aliphatic rings. The van der Waals surface area contributed by atoms with Crippen LogP contribution >= 0.6 is 12.6 Å². The predicted molar refractivity (Wildman–Crippen MR) is 65.5 cm³/mol. The van der Waals surface area contributed by atoms with Crippen molar-refractivity contribution in [2.45, 2.75) is 11.8 Å². The first-order valence-corrected chi connectivity index (χ1v) is 5.21. The van der Waals surface area contributed by atoms with E-state index in [1.807, 2.05) is 37.3 Å². The Morgan fingerprint density at radius 2 is 1.73 bits per heavy atom. The molecule has 2 aromatic rings. The molecule has 0 atom stereocenters. The van der Waals surface area contributed by atoms with Crippen molar-refractivity contribution in [3.05, 3.63) is 48.0 Å². The fourth-order valence-electron chi connectivity index (χ4n) is 1.61. The van der Waals surface area contributed by atoms with Gasteiger partial charge in [0.1, 0.15) is 5.75 Å². The smallest absolute Gasteiger partial charge is 0.123 e. The lowest BCUT2D eigenvalue weighted by molar-refractivity contribution is 0.477. The van der Waals surface area contributed by atoms with Gasteiger partial charge in [0.15, 0.2) is 0 Å². The third-order valence-electron chi connectivity index (χ3n) is 2.42. The van der Waals surface area contributed by atoms with E-state index in [-0.39, 0.29) is 0 Å². The van der Waals surface area contributed by atoms with Crippen LogP contribution in [0.1, 0.15) is 5.56 Å². The van der Waals surface area contributed by atoms with Crippen LogP contribution in [0, 0.1) is 6.92 Å². The van der Waals surface area contributed by atoms with Gasteiger partial charge in [0.2, 0.25) is 0 Å². The molecule has 0 saturated heterocycles. The van der Waals surface area contributed by atoms with Gasteiger partial charge < -0.3 is 5.11 Å². The Hall–Kier alpha value is -1.41. The van der Waals surface area contributed by atoms with E-state index in [1.165, 1.54) is 0 Å². The first-order valence-electron chi connectivity index (χ1n) is 4.76. The van der Waals surface area contributed by atoms with Crippen LogP contribution in [0.25, 0.3) is 11.1 Å². The second-order valence-electron chi connectivity index (χ2n) is 3.52. The third-order valence-corrected chi connectivity index (χ3v) is 2.69. The summed E-state index contributed by atoms with van der Waals surface area (Å²) in [4.78, 5) is 0.853. The molecule has 0 aliphatic heterocycles. The Balaban J connectivity index is 2.64. The first kappa shape index (κ1) is 10.1. The van der Waals surface area contributed by atoms with Crippen LogP contribution in [-0.4, -0.2) is 5.11 Å². The molecule has 0 bridgehead atoms. The van der Waals surface area contributed by atoms with Crippen molar-refractivity contribution in [3.63, 3.8) is 0 Å². The SMILES string of the molecule is Cc1ccccc1-c1cc(S)ccc1O. The maximum atomic E-state index is 9.78. The summed E-state index contributed by atoms with van der Waals surface area (Å²) in [5.41, 5.74) is 3.03. The van der Waals surface area contributed by atoms with Gasteiger partial charge in [-0.2, -0.15) is 0 Å². The average molecular weight is 216 g/mol. The second-order valence-corrected chi connectivity index (χ2v) is 4.03. The van der Waals surface area contributed by atoms with E-state index in [1.54, 1.807) is 12.1 Å². The van der Waals surface area contributed by atoms with Crippen molar-refractivity contribution in [2.75, 3.05) is 0 Å². The van der Waals surface area contributed by atoms with Crippen LogP contribution in [0.2, 0.25) is 0 Å². The van der Waals surface area contributed by atoms with Gasteiger partial charge >= 0.3 is 0 Å². The quantitative estimate of drug-likeness (QED) is 0.697. The monoisotopic (exact) mass is 216 g/mol. The van der Waals surface area contributed by atoms with Crippen LogP contribution in [-0.2, 0) is 0 Å². The Morgan fingerprint density at radius 3 is 2.47 bits per heavy atom. The number of benzene rings is 2. The van der Waals surface area contributed by atoms with E-state index in [0.717, 1.165) is 21.6 Å². The lowest BCUT2D eigenvalue weighted by Gasteiger charge is -2.08. The van der Waals surface area contributed by atoms with Crippen LogP contribution in [0.3, 0.4) is 0 Å². The van der Waals surface area contributed by atoms with Crippen molar-refractivity contribution in [3.8, 4) is 16.9 Å². The molecular formula is C13H12OS. The maximum Gasteiger partial charge on any atom is 0.123 e. The van der Waals surface area contributed by atoms with E-state index in [9.17, 15) is 5.11 Å². The molecular weight excluding hydrogens is 204 g/mol. The average Bonchev–Trinajstić information content (AvgIpc) is 2.23. The largest absolute Gasteiger partial charge is 0.507 e. The number of rotatable bonds is 1. The first-order chi connectivity index (χ1) is 7.18. The molecule has 0 amide bonds. The van der Waals surface area contributed by atoms with E-state index >= 15 is 0 Å². The fraction of sp³-hybridized carbons (Fsp3) is 0.0769. The molecule has 0 saturated carbocycles. The number of phenols is 1. The molecule has 1 N–H and O–H groups in total. The van der Waals surface area contributed by atoms with Gasteiger partial charge in [-0.3, -0.25) is 0 Å². The summed E-state index contributed by atoms with van der Waals surface area (Å²) < 4.78 is 0. The number of hydrogen-bond donors (Lipinski definition) is 2. The number of phenolic OH excluding ortho intramolecular Hbond substituents is 1. The van der Waals surface area contributed by atoms with Crippen molar-refractivity contribution >= 4 is 12.6 Å². The molecule has 0 radical (unpaired) electrons. The zero-order chi connectivity index (χ0) is 10.8. The molecule has 0 heterocycles. The lowest BCUT2D eigenvalue weighted by atomic mass is 10.00. The van der Waals surface area contributed by atoms with Crippen LogP contribution in [0.4, 0.5) is 0 Å². The fourth-order valence-corrected chi connectivity index (χ4v) is 1.82. The zero-order valence-electron chi connectivity index (χ0n) is 8.44. The maximum absolute atomic E-state index is 9.78. The van der Waals surface area contributed by atoms with Gasteiger partial charge in [0, 0.05) is 10.5 Å². The summed E-state index contributed by atoms with van der Waals surface area (Å²) in [6.45, 7) is 2.03. The van der Waals surface area contributed by atoms with Crippen LogP contribution in [0.5, 0.6) is 5.75 Å². The van der Waals surface area contributed by atoms with Gasteiger partial charge in [0.05, 0.1) is 0 Å². The van der Waals surface area contributed by atoms with E-state index in [2.05, 4.69) is 12.6 Å². The highest BCUT2D eigenvalue weighted by atomic mass is 32.1. The molecule has 0 spiro atoms. The summed E-state index contributed by atoms with van der Waals surface area (Å²) in [5, 5.41) is 9.78. The highest BCUT2D eigenvalue weighted by Crippen LogP contribution is 2.32. The number of aromatic hydroxyl groups is 1. The molecule has 0 aromatic heterocycles. The highest BCUT2D eigenvalue weighted by Gasteiger charge is 2.06. The summed E-state index contributed by atoms with van der Waals surface area (Å²) in [5.74, 6) is 0.294. The third kappa shape index (κ3) is 2.00. The Morgan fingerprint density at radius 1 is 1.00 bits per heavy atom. The molecule has 0 unspecified atom stereocenters. The molecule has 2 rings (SSSR count). The zero-order valence-corrected chi connectivity index (χ0v) is 9.33. The second kappa shape index (κ2) is 3.99. The Bertz CT molecular complexity index is 492. The van der Waals surface area contributed by atoms with Gasteiger partial charge in [-0.1, -0.05) is 24.3 Å². The number of hydrogen-bond acceptors (Lipinski definition) is 2. The van der Waals surface area contributed by atoms with Crippen molar-refractivity contribution in [2.24, 2.45) is 0 Å². The summed E-state index contributed by atoms with van der Waals surface area (Å²) in [7, 11) is 0. The lowest BCUT2D eigenvalue weighted by Crippen LogP contribution is -1.83. The van der Waals surface area contributed by atoms with Crippen LogP contribution < -0.4 is 0 Å². The van der Waals surface area contributed by atoms with Gasteiger partial charge in [-0.15, -0.1) is 12.6 Å². The Kier molecular flexibility index (Phi) is 2.69. The van der Waals surface area contributed by atoms with E-state index in [4.69, 9.17) is 0 Å². The molecule has 0 aliphatic carbocycles. The topological polar surface area (TPSA) is 20.2 Å². The van der Waals surface area contributed by atoms with Crippen molar-refractivity contribution in [1.82, 2.24) is 0 Å². The predicted octanol–water partition coefficient (Wildman–Crippen LogP) is 3.66. The standard InChI is InChI=1S/C13H12OS/c1-9-4-2-3-5-11(9)12-8-10(15)6-7-13(12)14/h2-8,14-15H,1H3. The Labute approximate surface area is 94.8 Å². The summed E-state index contributed by atoms with van der Waals surface area (Å²) >= 11 is 4.27. The van der Waals surface area contributed by atoms with E-state index < -0.39 is 0 Å².